The Morgan fingerprint density at radius 2 is 2.00 bits per heavy atom. The second-order valence-corrected chi connectivity index (χ2v) is 3.87. The topological polar surface area (TPSA) is 66.6 Å². The lowest BCUT2D eigenvalue weighted by Gasteiger charge is -2.06. The molecule has 0 fully saturated rings. The van der Waals surface area contributed by atoms with Crippen molar-refractivity contribution in [3.8, 4) is 0 Å². The summed E-state index contributed by atoms with van der Waals surface area (Å²) in [6.45, 7) is 3.67. The van der Waals surface area contributed by atoms with Crippen LogP contribution in [0.15, 0.2) is 18.3 Å². The summed E-state index contributed by atoms with van der Waals surface area (Å²) in [6.07, 6.45) is 2.67. The molecule has 5 nitrogen and oxygen atoms in total. The van der Waals surface area contributed by atoms with Crippen molar-refractivity contribution in [3.63, 3.8) is 0 Å². The van der Waals surface area contributed by atoms with Gasteiger partial charge in [-0.15, -0.1) is 0 Å². The Labute approximate surface area is 108 Å². The SMILES string of the molecule is COCCCOCCOCc1ccnc(CN)c1. The molecule has 0 spiro atoms. The fraction of sp³-hybridized carbons (Fsp3) is 0.615. The Hall–Kier alpha value is -1.01. The first-order valence-electron chi connectivity index (χ1n) is 6.15. The van der Waals surface area contributed by atoms with Crippen molar-refractivity contribution in [3.05, 3.63) is 29.6 Å². The predicted molar refractivity (Wildman–Crippen MR) is 69.1 cm³/mol. The monoisotopic (exact) mass is 254 g/mol. The summed E-state index contributed by atoms with van der Waals surface area (Å²) in [5.41, 5.74) is 7.49. The fourth-order valence-corrected chi connectivity index (χ4v) is 1.44. The molecule has 0 aliphatic heterocycles. The summed E-state index contributed by atoms with van der Waals surface area (Å²) >= 11 is 0. The molecule has 2 N–H and O–H groups in total. The van der Waals surface area contributed by atoms with E-state index in [4.69, 9.17) is 19.9 Å². The zero-order valence-electron chi connectivity index (χ0n) is 10.9. The quantitative estimate of drug-likeness (QED) is 0.634. The normalized spacial score (nSPS) is 10.8. The second-order valence-electron chi connectivity index (χ2n) is 3.87. The van der Waals surface area contributed by atoms with Gasteiger partial charge in [0, 0.05) is 33.1 Å². The van der Waals surface area contributed by atoms with Crippen molar-refractivity contribution in [2.24, 2.45) is 5.73 Å². The lowest BCUT2D eigenvalue weighted by atomic mass is 10.2. The van der Waals surface area contributed by atoms with E-state index in [9.17, 15) is 0 Å². The summed E-state index contributed by atoms with van der Waals surface area (Å²) in [7, 11) is 1.69. The largest absolute Gasteiger partial charge is 0.385 e. The van der Waals surface area contributed by atoms with Crippen LogP contribution in [-0.2, 0) is 27.4 Å². The van der Waals surface area contributed by atoms with Crippen molar-refractivity contribution in [1.29, 1.82) is 0 Å². The molecule has 102 valence electrons. The molecule has 1 aromatic rings. The van der Waals surface area contributed by atoms with Gasteiger partial charge in [-0.25, -0.2) is 0 Å². The highest BCUT2D eigenvalue weighted by Crippen LogP contribution is 2.02. The van der Waals surface area contributed by atoms with Crippen molar-refractivity contribution in [2.45, 2.75) is 19.6 Å². The molecule has 0 radical (unpaired) electrons. The van der Waals surface area contributed by atoms with Crippen molar-refractivity contribution < 1.29 is 14.2 Å². The third kappa shape index (κ3) is 6.66. The van der Waals surface area contributed by atoms with Crippen LogP contribution in [0.25, 0.3) is 0 Å². The summed E-state index contributed by atoms with van der Waals surface area (Å²) in [5, 5.41) is 0. The van der Waals surface area contributed by atoms with Gasteiger partial charge >= 0.3 is 0 Å². The molecule has 0 aliphatic carbocycles. The van der Waals surface area contributed by atoms with Crippen LogP contribution in [0, 0.1) is 0 Å². The molecule has 0 amide bonds. The average molecular weight is 254 g/mol. The van der Waals surface area contributed by atoms with E-state index in [1.54, 1.807) is 13.3 Å². The standard InChI is InChI=1S/C13H22N2O3/c1-16-5-2-6-17-7-8-18-11-12-3-4-15-13(9-12)10-14/h3-4,9H,2,5-8,10-11,14H2,1H3. The van der Waals surface area contributed by atoms with Crippen LogP contribution in [0.3, 0.4) is 0 Å². The Morgan fingerprint density at radius 1 is 1.17 bits per heavy atom. The first-order chi connectivity index (χ1) is 8.86. The molecule has 1 heterocycles. The molecule has 18 heavy (non-hydrogen) atoms. The van der Waals surface area contributed by atoms with E-state index in [0.29, 0.717) is 33.0 Å². The smallest absolute Gasteiger partial charge is 0.0719 e. The second kappa shape index (κ2) is 9.96. The maximum Gasteiger partial charge on any atom is 0.0719 e. The number of rotatable bonds is 10. The van der Waals surface area contributed by atoms with Crippen LogP contribution >= 0.6 is 0 Å². The molecule has 5 heteroatoms. The highest BCUT2D eigenvalue weighted by atomic mass is 16.5. The molecule has 1 aromatic heterocycles. The zero-order valence-corrected chi connectivity index (χ0v) is 10.9. The lowest BCUT2D eigenvalue weighted by Crippen LogP contribution is -2.07. The first-order valence-corrected chi connectivity index (χ1v) is 6.15. The number of nitrogens with two attached hydrogens (primary N) is 1. The van der Waals surface area contributed by atoms with Gasteiger partial charge < -0.3 is 19.9 Å². The number of nitrogens with zero attached hydrogens (tertiary/aromatic N) is 1. The molecule has 0 saturated heterocycles. The van der Waals surface area contributed by atoms with Gasteiger partial charge in [0.2, 0.25) is 0 Å². The van der Waals surface area contributed by atoms with Gasteiger partial charge in [-0.1, -0.05) is 0 Å². The van der Waals surface area contributed by atoms with Crippen LogP contribution in [0.2, 0.25) is 0 Å². The summed E-state index contributed by atoms with van der Waals surface area (Å²) in [4.78, 5) is 4.13. The van der Waals surface area contributed by atoms with Crippen molar-refractivity contribution in [2.75, 3.05) is 33.5 Å². The molecule has 1 rings (SSSR count). The molecule has 0 atom stereocenters. The van der Waals surface area contributed by atoms with Crippen LogP contribution in [-0.4, -0.2) is 38.5 Å². The predicted octanol–water partition coefficient (Wildman–Crippen LogP) is 1.11. The Balaban J connectivity index is 2.03. The van der Waals surface area contributed by atoms with E-state index >= 15 is 0 Å². The van der Waals surface area contributed by atoms with E-state index in [0.717, 1.165) is 24.3 Å². The zero-order chi connectivity index (χ0) is 13.1. The van der Waals surface area contributed by atoms with Gasteiger partial charge in [0.1, 0.15) is 0 Å². The molecule has 0 unspecified atom stereocenters. The van der Waals surface area contributed by atoms with Crippen molar-refractivity contribution in [1.82, 2.24) is 4.98 Å². The third-order valence-electron chi connectivity index (χ3n) is 2.37. The Kier molecular flexibility index (Phi) is 8.33. The number of pyridine rings is 1. The minimum atomic E-state index is 0.455. The summed E-state index contributed by atoms with van der Waals surface area (Å²) < 4.78 is 15.8. The highest BCUT2D eigenvalue weighted by Gasteiger charge is 1.96. The van der Waals surface area contributed by atoms with Gasteiger partial charge in [0.15, 0.2) is 0 Å². The third-order valence-corrected chi connectivity index (χ3v) is 2.37. The van der Waals surface area contributed by atoms with E-state index in [-0.39, 0.29) is 0 Å². The molecule has 0 bridgehead atoms. The minimum absolute atomic E-state index is 0.455. The average Bonchev–Trinajstić information content (AvgIpc) is 2.42. The van der Waals surface area contributed by atoms with Gasteiger partial charge in [0.25, 0.3) is 0 Å². The van der Waals surface area contributed by atoms with Gasteiger partial charge in [-0.3, -0.25) is 4.98 Å². The van der Waals surface area contributed by atoms with E-state index in [2.05, 4.69) is 4.98 Å². The number of hydrogen-bond donors (Lipinski definition) is 1. The first kappa shape index (κ1) is 15.0. The fourth-order valence-electron chi connectivity index (χ4n) is 1.44. The Morgan fingerprint density at radius 3 is 2.78 bits per heavy atom. The van der Waals surface area contributed by atoms with Crippen LogP contribution in [0.1, 0.15) is 17.7 Å². The van der Waals surface area contributed by atoms with Crippen LogP contribution in [0.5, 0.6) is 0 Å². The van der Waals surface area contributed by atoms with Crippen LogP contribution in [0.4, 0.5) is 0 Å². The summed E-state index contributed by atoms with van der Waals surface area (Å²) in [5.74, 6) is 0. The van der Waals surface area contributed by atoms with E-state index < -0.39 is 0 Å². The number of hydrogen-bond acceptors (Lipinski definition) is 5. The van der Waals surface area contributed by atoms with Crippen LogP contribution < -0.4 is 5.73 Å². The van der Waals surface area contributed by atoms with Crippen molar-refractivity contribution >= 4 is 0 Å². The van der Waals surface area contributed by atoms with Gasteiger partial charge in [-0.05, 0) is 24.1 Å². The lowest BCUT2D eigenvalue weighted by molar-refractivity contribution is 0.0336. The highest BCUT2D eigenvalue weighted by molar-refractivity contribution is 5.15. The van der Waals surface area contributed by atoms with E-state index in [1.165, 1.54) is 0 Å². The molecule has 0 saturated carbocycles. The molecular formula is C13H22N2O3. The number of aromatic nitrogens is 1. The molecular weight excluding hydrogens is 232 g/mol. The van der Waals surface area contributed by atoms with Gasteiger partial charge in [-0.2, -0.15) is 0 Å². The number of ether oxygens (including phenoxy) is 3. The minimum Gasteiger partial charge on any atom is -0.385 e. The Bertz CT molecular complexity index is 321. The van der Waals surface area contributed by atoms with Gasteiger partial charge in [0.05, 0.1) is 25.5 Å². The summed E-state index contributed by atoms with van der Waals surface area (Å²) in [6, 6.07) is 3.89. The maximum atomic E-state index is 5.52. The molecule has 0 aliphatic rings. The van der Waals surface area contributed by atoms with E-state index in [1.807, 2.05) is 12.1 Å². The molecule has 0 aromatic carbocycles. The number of methoxy groups -OCH3 is 1. The maximum absolute atomic E-state index is 5.52.